The molecule has 3 aromatic rings. The van der Waals surface area contributed by atoms with E-state index in [9.17, 15) is 9.18 Å². The molecule has 122 valence electrons. The average Bonchev–Trinajstić information content (AvgIpc) is 2.97. The molecule has 24 heavy (non-hydrogen) atoms. The maximum Gasteiger partial charge on any atom is 0.223 e. The van der Waals surface area contributed by atoms with E-state index in [0.29, 0.717) is 13.0 Å². The van der Waals surface area contributed by atoms with Gasteiger partial charge in [-0.2, -0.15) is 0 Å². The van der Waals surface area contributed by atoms with E-state index in [2.05, 4.69) is 20.9 Å². The summed E-state index contributed by atoms with van der Waals surface area (Å²) in [5, 5.41) is 2.92. The number of imidazole rings is 1. The normalized spacial score (nSPS) is 16.8. The van der Waals surface area contributed by atoms with Crippen LogP contribution in [0.25, 0.3) is 11.0 Å². The third-order valence-electron chi connectivity index (χ3n) is 4.59. The van der Waals surface area contributed by atoms with Gasteiger partial charge in [0.05, 0.1) is 11.0 Å². The van der Waals surface area contributed by atoms with Crippen LogP contribution in [-0.2, 0) is 24.3 Å². The molecule has 0 radical (unpaired) electrons. The predicted molar refractivity (Wildman–Crippen MR) is 89.8 cm³/mol. The van der Waals surface area contributed by atoms with Crippen LogP contribution >= 0.6 is 0 Å². The Morgan fingerprint density at radius 3 is 3.00 bits per heavy atom. The Balaban J connectivity index is 1.45. The number of rotatable bonds is 3. The van der Waals surface area contributed by atoms with Crippen molar-refractivity contribution < 1.29 is 9.18 Å². The Morgan fingerprint density at radius 2 is 2.12 bits per heavy atom. The van der Waals surface area contributed by atoms with Gasteiger partial charge in [-0.15, -0.1) is 0 Å². The molecule has 1 aromatic heterocycles. The minimum absolute atomic E-state index is 0.0116. The van der Waals surface area contributed by atoms with Gasteiger partial charge in [0.2, 0.25) is 5.91 Å². The van der Waals surface area contributed by atoms with E-state index in [0.717, 1.165) is 35.4 Å². The lowest BCUT2D eigenvalue weighted by molar-refractivity contribution is -0.125. The van der Waals surface area contributed by atoms with Crippen LogP contribution in [0.1, 0.15) is 17.8 Å². The monoisotopic (exact) mass is 323 g/mol. The molecule has 5 heteroatoms. The molecule has 2 aromatic carbocycles. The number of benzene rings is 2. The van der Waals surface area contributed by atoms with Crippen molar-refractivity contribution in [3.05, 3.63) is 65.7 Å². The van der Waals surface area contributed by atoms with Crippen molar-refractivity contribution in [1.82, 2.24) is 14.9 Å². The summed E-state index contributed by atoms with van der Waals surface area (Å²) in [7, 11) is 0. The van der Waals surface area contributed by atoms with Gasteiger partial charge in [-0.25, -0.2) is 9.37 Å². The number of fused-ring (bicyclic) bond motifs is 3. The van der Waals surface area contributed by atoms with Crippen LogP contribution in [0, 0.1) is 11.7 Å². The summed E-state index contributed by atoms with van der Waals surface area (Å²) >= 11 is 0. The maximum atomic E-state index is 13.2. The van der Waals surface area contributed by atoms with Gasteiger partial charge < -0.3 is 9.88 Å². The topological polar surface area (TPSA) is 46.9 Å². The standard InChI is InChI=1S/C19H18FN3O/c20-15-5-3-4-13(10-15)12-21-19(24)14-8-9-23-17-7-2-1-6-16(17)22-18(23)11-14/h1-7,10,14H,8-9,11-12H2,(H,21,24)/t14-/m1/s1. The molecule has 1 atom stereocenters. The van der Waals surface area contributed by atoms with E-state index in [1.165, 1.54) is 12.1 Å². The first-order valence-electron chi connectivity index (χ1n) is 8.17. The maximum absolute atomic E-state index is 13.2. The lowest BCUT2D eigenvalue weighted by Crippen LogP contribution is -2.35. The van der Waals surface area contributed by atoms with Crippen LogP contribution in [-0.4, -0.2) is 15.5 Å². The number of carbonyl (C=O) groups excluding carboxylic acids is 1. The molecule has 1 amide bonds. The second-order valence-corrected chi connectivity index (χ2v) is 6.21. The fourth-order valence-electron chi connectivity index (χ4n) is 3.34. The highest BCUT2D eigenvalue weighted by Crippen LogP contribution is 2.25. The van der Waals surface area contributed by atoms with Gasteiger partial charge in [-0.1, -0.05) is 24.3 Å². The van der Waals surface area contributed by atoms with Gasteiger partial charge in [-0.3, -0.25) is 4.79 Å². The van der Waals surface area contributed by atoms with Crippen molar-refractivity contribution in [3.8, 4) is 0 Å². The van der Waals surface area contributed by atoms with E-state index >= 15 is 0 Å². The van der Waals surface area contributed by atoms with Gasteiger partial charge in [-0.05, 0) is 36.2 Å². The Bertz CT molecular complexity index is 903. The van der Waals surface area contributed by atoms with Crippen molar-refractivity contribution in [2.24, 2.45) is 5.92 Å². The molecule has 1 aliphatic heterocycles. The Morgan fingerprint density at radius 1 is 1.25 bits per heavy atom. The minimum atomic E-state index is -0.284. The molecule has 4 nitrogen and oxygen atoms in total. The number of aromatic nitrogens is 2. The van der Waals surface area contributed by atoms with E-state index in [4.69, 9.17) is 0 Å². The largest absolute Gasteiger partial charge is 0.352 e. The number of para-hydroxylation sites is 2. The van der Waals surface area contributed by atoms with Gasteiger partial charge >= 0.3 is 0 Å². The molecule has 1 aliphatic rings. The summed E-state index contributed by atoms with van der Waals surface area (Å²) in [5.41, 5.74) is 2.88. The van der Waals surface area contributed by atoms with E-state index in [1.54, 1.807) is 6.07 Å². The molecule has 1 N–H and O–H groups in total. The van der Waals surface area contributed by atoms with Gasteiger partial charge in [0, 0.05) is 25.4 Å². The summed E-state index contributed by atoms with van der Waals surface area (Å²) in [6.45, 7) is 1.15. The lowest BCUT2D eigenvalue weighted by atomic mass is 9.96. The summed E-state index contributed by atoms with van der Waals surface area (Å²) in [4.78, 5) is 17.1. The van der Waals surface area contributed by atoms with Crippen LogP contribution in [0.4, 0.5) is 4.39 Å². The number of aryl methyl sites for hydroxylation is 1. The summed E-state index contributed by atoms with van der Waals surface area (Å²) in [5.74, 6) is 0.613. The first kappa shape index (κ1) is 14.9. The molecule has 0 fully saturated rings. The molecule has 0 spiro atoms. The smallest absolute Gasteiger partial charge is 0.223 e. The van der Waals surface area contributed by atoms with Gasteiger partial charge in [0.1, 0.15) is 11.6 Å². The van der Waals surface area contributed by atoms with Gasteiger partial charge in [0.25, 0.3) is 0 Å². The zero-order chi connectivity index (χ0) is 16.5. The highest BCUT2D eigenvalue weighted by atomic mass is 19.1. The van der Waals surface area contributed by atoms with Crippen molar-refractivity contribution in [3.63, 3.8) is 0 Å². The second-order valence-electron chi connectivity index (χ2n) is 6.21. The molecular weight excluding hydrogens is 305 g/mol. The number of nitrogens with one attached hydrogen (secondary N) is 1. The number of halogens is 1. The molecular formula is C19H18FN3O. The predicted octanol–water partition coefficient (Wildman–Crippen LogP) is 3.05. The third kappa shape index (κ3) is 2.77. The third-order valence-corrected chi connectivity index (χ3v) is 4.59. The molecule has 0 saturated carbocycles. The number of hydrogen-bond donors (Lipinski definition) is 1. The van der Waals surface area contributed by atoms with Crippen LogP contribution in [0.15, 0.2) is 48.5 Å². The molecule has 0 aliphatic carbocycles. The zero-order valence-electron chi connectivity index (χ0n) is 13.2. The molecule has 0 bridgehead atoms. The van der Waals surface area contributed by atoms with Crippen LogP contribution in [0.5, 0.6) is 0 Å². The SMILES string of the molecule is O=C(NCc1cccc(F)c1)[C@@H]1CCn2c(nc3ccccc32)C1. The number of amides is 1. The first-order chi connectivity index (χ1) is 11.7. The van der Waals surface area contributed by atoms with Crippen LogP contribution in [0.2, 0.25) is 0 Å². The molecule has 0 saturated heterocycles. The van der Waals surface area contributed by atoms with Crippen molar-refractivity contribution in [2.45, 2.75) is 25.9 Å². The average molecular weight is 323 g/mol. The minimum Gasteiger partial charge on any atom is -0.352 e. The van der Waals surface area contributed by atoms with Crippen LogP contribution in [0.3, 0.4) is 0 Å². The molecule has 4 rings (SSSR count). The highest BCUT2D eigenvalue weighted by Gasteiger charge is 2.26. The van der Waals surface area contributed by atoms with E-state index in [-0.39, 0.29) is 17.6 Å². The van der Waals surface area contributed by atoms with Gasteiger partial charge in [0.15, 0.2) is 0 Å². The zero-order valence-corrected chi connectivity index (χ0v) is 13.2. The second kappa shape index (κ2) is 6.07. The summed E-state index contributed by atoms with van der Waals surface area (Å²) < 4.78 is 15.4. The quantitative estimate of drug-likeness (QED) is 0.805. The molecule has 2 heterocycles. The van der Waals surface area contributed by atoms with Crippen molar-refractivity contribution in [1.29, 1.82) is 0 Å². The van der Waals surface area contributed by atoms with E-state index < -0.39 is 0 Å². The number of hydrogen-bond acceptors (Lipinski definition) is 2. The van der Waals surface area contributed by atoms with Crippen molar-refractivity contribution >= 4 is 16.9 Å². The molecule has 0 unspecified atom stereocenters. The summed E-state index contributed by atoms with van der Waals surface area (Å²) in [6, 6.07) is 14.4. The summed E-state index contributed by atoms with van der Waals surface area (Å²) in [6.07, 6.45) is 1.44. The number of carbonyl (C=O) groups is 1. The van der Waals surface area contributed by atoms with E-state index in [1.807, 2.05) is 24.3 Å². The highest BCUT2D eigenvalue weighted by molar-refractivity contribution is 5.80. The Labute approximate surface area is 139 Å². The number of nitrogens with zero attached hydrogens (tertiary/aromatic N) is 2. The fraction of sp³-hybridized carbons (Fsp3) is 0.263. The van der Waals surface area contributed by atoms with Crippen LogP contribution < -0.4 is 5.32 Å². The first-order valence-corrected chi connectivity index (χ1v) is 8.17. The Hall–Kier alpha value is -2.69. The fourth-order valence-corrected chi connectivity index (χ4v) is 3.34. The lowest BCUT2D eigenvalue weighted by Gasteiger charge is -2.23. The Kier molecular flexibility index (Phi) is 3.76. The van der Waals surface area contributed by atoms with Crippen molar-refractivity contribution in [2.75, 3.05) is 0 Å².